The van der Waals surface area contributed by atoms with Gasteiger partial charge in [-0.3, -0.25) is 0 Å². The quantitative estimate of drug-likeness (QED) is 0.179. The molecule has 3 heteroatoms. The van der Waals surface area contributed by atoms with Crippen molar-refractivity contribution in [2.75, 3.05) is 0 Å². The molecule has 42 heavy (non-hydrogen) atoms. The summed E-state index contributed by atoms with van der Waals surface area (Å²) in [5.74, 6) is 4.47. The van der Waals surface area contributed by atoms with Crippen molar-refractivity contribution in [2.45, 2.75) is 173 Å². The number of hydrogen-bond donors (Lipinski definition) is 3. The molecule has 3 N–H and O–H groups in total. The normalized spacial score (nSPS) is 36.1. The van der Waals surface area contributed by atoms with Gasteiger partial charge >= 0.3 is 0 Å². The molecule has 0 bridgehead atoms. The molecule has 4 aliphatic rings. The molecule has 0 spiro atoms. The molecule has 0 saturated heterocycles. The molecule has 4 rings (SSSR count). The Hall–Kier alpha value is -0.900. The highest BCUT2D eigenvalue weighted by molar-refractivity contribution is 4.99. The van der Waals surface area contributed by atoms with Crippen molar-refractivity contribution in [3.63, 3.8) is 0 Å². The lowest BCUT2D eigenvalue weighted by Gasteiger charge is -2.40. The van der Waals surface area contributed by atoms with Crippen molar-refractivity contribution in [3.8, 4) is 0 Å². The minimum Gasteiger partial charge on any atom is -0.393 e. The van der Waals surface area contributed by atoms with Gasteiger partial charge in [-0.1, -0.05) is 96.6 Å². The number of rotatable bonds is 14. The largest absolute Gasteiger partial charge is 0.393 e. The highest BCUT2D eigenvalue weighted by atomic mass is 16.3. The lowest BCUT2D eigenvalue weighted by atomic mass is 9.73. The smallest absolute Gasteiger partial charge is 0.0569 e. The average Bonchev–Trinajstić information content (AvgIpc) is 3.06. The molecule has 4 aliphatic carbocycles. The van der Waals surface area contributed by atoms with Crippen molar-refractivity contribution in [3.05, 3.63) is 38.5 Å². The van der Waals surface area contributed by atoms with E-state index in [2.05, 4.69) is 62.9 Å². The second kappa shape index (κ2) is 19.5. The third-order valence-corrected chi connectivity index (χ3v) is 12.2. The van der Waals surface area contributed by atoms with E-state index in [0.29, 0.717) is 30.1 Å². The Morgan fingerprint density at radius 3 is 1.69 bits per heavy atom. The van der Waals surface area contributed by atoms with E-state index in [-0.39, 0.29) is 6.10 Å². The maximum Gasteiger partial charge on any atom is 0.0569 e. The lowest BCUT2D eigenvalue weighted by molar-refractivity contribution is 0.0566. The maximum atomic E-state index is 11.3. The monoisotopic (exact) mass is 583 g/mol. The fourth-order valence-electron chi connectivity index (χ4n) is 9.78. The van der Waals surface area contributed by atoms with Crippen LogP contribution in [0, 0.1) is 35.5 Å². The number of aliphatic hydroxyl groups excluding tert-OH is 1. The average molecular weight is 583 g/mol. The zero-order valence-electron chi connectivity index (χ0n) is 27.9. The molecule has 0 radical (unpaired) electrons. The highest BCUT2D eigenvalue weighted by Gasteiger charge is 2.35. The topological polar surface area (TPSA) is 44.3 Å². The molecule has 0 aromatic heterocycles. The highest BCUT2D eigenvalue weighted by Crippen LogP contribution is 2.38. The predicted molar refractivity (Wildman–Crippen MR) is 184 cm³/mol. The van der Waals surface area contributed by atoms with E-state index in [4.69, 9.17) is 0 Å². The minimum atomic E-state index is -0.133. The fourth-order valence-corrected chi connectivity index (χ4v) is 9.78. The van der Waals surface area contributed by atoms with Crippen LogP contribution in [0.15, 0.2) is 38.5 Å². The SMILES string of the molecule is C=C.C=CC(NC1CCCC(CCC(O)C2CCCC(NC(C=C)C3CCCCC3CC)C2)C1)C1CCCCC1CC. The summed E-state index contributed by atoms with van der Waals surface area (Å²) in [6, 6.07) is 2.09. The third-order valence-electron chi connectivity index (χ3n) is 12.2. The van der Waals surface area contributed by atoms with Crippen LogP contribution in [0.3, 0.4) is 0 Å². The fraction of sp³-hybridized carbons (Fsp3) is 0.846. The molecular formula is C39H70N2O. The Kier molecular flexibility index (Phi) is 16.5. The molecule has 4 saturated carbocycles. The van der Waals surface area contributed by atoms with Crippen LogP contribution < -0.4 is 10.6 Å². The van der Waals surface area contributed by atoms with Gasteiger partial charge in [0.1, 0.15) is 0 Å². The van der Waals surface area contributed by atoms with Crippen LogP contribution in [0.5, 0.6) is 0 Å². The Morgan fingerprint density at radius 1 is 0.667 bits per heavy atom. The van der Waals surface area contributed by atoms with Gasteiger partial charge in [0.25, 0.3) is 0 Å². The Labute approximate surface area is 261 Å². The lowest BCUT2D eigenvalue weighted by Crippen LogP contribution is -2.47. The van der Waals surface area contributed by atoms with E-state index in [1.54, 1.807) is 0 Å². The molecule has 242 valence electrons. The van der Waals surface area contributed by atoms with Crippen molar-refractivity contribution >= 4 is 0 Å². The van der Waals surface area contributed by atoms with Crippen LogP contribution in [-0.2, 0) is 0 Å². The zero-order valence-corrected chi connectivity index (χ0v) is 27.9. The van der Waals surface area contributed by atoms with Crippen LogP contribution >= 0.6 is 0 Å². The number of aliphatic hydroxyl groups is 1. The minimum absolute atomic E-state index is 0.133. The molecule has 0 amide bonds. The van der Waals surface area contributed by atoms with E-state index in [0.717, 1.165) is 42.4 Å². The van der Waals surface area contributed by atoms with Crippen molar-refractivity contribution in [1.82, 2.24) is 10.6 Å². The second-order valence-electron chi connectivity index (χ2n) is 14.6. The van der Waals surface area contributed by atoms with E-state index in [1.165, 1.54) is 116 Å². The van der Waals surface area contributed by atoms with Crippen molar-refractivity contribution in [2.24, 2.45) is 35.5 Å². The predicted octanol–water partition coefficient (Wildman–Crippen LogP) is 9.77. The van der Waals surface area contributed by atoms with Gasteiger partial charge < -0.3 is 15.7 Å². The summed E-state index contributed by atoms with van der Waals surface area (Å²) in [5, 5.41) is 19.5. The van der Waals surface area contributed by atoms with E-state index < -0.39 is 0 Å². The van der Waals surface area contributed by atoms with Crippen LogP contribution in [0.25, 0.3) is 0 Å². The summed E-state index contributed by atoms with van der Waals surface area (Å²) in [5.41, 5.74) is 0. The van der Waals surface area contributed by atoms with Gasteiger partial charge in [-0.25, -0.2) is 0 Å². The standard InChI is InChI=1S/C37H66N2O.C2H4/c1-5-28-16-9-11-21-33(28)35(7-3)38-31-19-13-15-27(25-31)23-24-37(40)30-18-14-20-32(26-30)39-36(8-4)34-22-12-10-17-29(34)6-2;1-2/h7-8,27-40H,3-6,9-26H2,1-2H3;1-2H2. The first-order valence-electron chi connectivity index (χ1n) is 18.5. The van der Waals surface area contributed by atoms with Gasteiger partial charge in [-0.05, 0) is 93.3 Å². The Morgan fingerprint density at radius 2 is 1.17 bits per heavy atom. The molecule has 0 aromatic rings. The first-order chi connectivity index (χ1) is 20.6. The molecular weight excluding hydrogens is 512 g/mol. The molecule has 0 heterocycles. The van der Waals surface area contributed by atoms with Crippen LogP contribution in [0.2, 0.25) is 0 Å². The number of hydrogen-bond acceptors (Lipinski definition) is 3. The molecule has 0 aromatic carbocycles. The first-order valence-corrected chi connectivity index (χ1v) is 18.5. The maximum absolute atomic E-state index is 11.3. The van der Waals surface area contributed by atoms with Crippen molar-refractivity contribution < 1.29 is 5.11 Å². The van der Waals surface area contributed by atoms with Gasteiger partial charge in [0.2, 0.25) is 0 Å². The van der Waals surface area contributed by atoms with Gasteiger partial charge in [0.15, 0.2) is 0 Å². The van der Waals surface area contributed by atoms with Gasteiger partial charge in [0, 0.05) is 24.2 Å². The summed E-state index contributed by atoms with van der Waals surface area (Å²) in [4.78, 5) is 0. The number of nitrogens with one attached hydrogen (secondary N) is 2. The van der Waals surface area contributed by atoms with E-state index in [1.807, 2.05) is 0 Å². The second-order valence-corrected chi connectivity index (χ2v) is 14.6. The molecule has 11 atom stereocenters. The van der Waals surface area contributed by atoms with Crippen LogP contribution in [0.1, 0.15) is 142 Å². The first kappa shape index (κ1) is 35.6. The molecule has 4 fully saturated rings. The molecule has 11 unspecified atom stereocenters. The molecule has 0 aliphatic heterocycles. The van der Waals surface area contributed by atoms with Crippen LogP contribution in [-0.4, -0.2) is 35.4 Å². The van der Waals surface area contributed by atoms with Gasteiger partial charge in [-0.15, -0.1) is 26.3 Å². The summed E-state index contributed by atoms with van der Waals surface area (Å²) in [6.07, 6.45) is 30.4. The Balaban J connectivity index is 0.00000237. The van der Waals surface area contributed by atoms with Gasteiger partial charge in [0.05, 0.1) is 6.10 Å². The Bertz CT molecular complexity index is 753. The zero-order chi connectivity index (χ0) is 30.3. The summed E-state index contributed by atoms with van der Waals surface area (Å²) < 4.78 is 0. The van der Waals surface area contributed by atoms with Gasteiger partial charge in [-0.2, -0.15) is 0 Å². The summed E-state index contributed by atoms with van der Waals surface area (Å²) >= 11 is 0. The van der Waals surface area contributed by atoms with E-state index in [9.17, 15) is 5.11 Å². The molecule has 3 nitrogen and oxygen atoms in total. The summed E-state index contributed by atoms with van der Waals surface area (Å²) in [7, 11) is 0. The van der Waals surface area contributed by atoms with Crippen molar-refractivity contribution in [1.29, 1.82) is 0 Å². The van der Waals surface area contributed by atoms with E-state index >= 15 is 0 Å². The van der Waals surface area contributed by atoms with Crippen LogP contribution in [0.4, 0.5) is 0 Å². The summed E-state index contributed by atoms with van der Waals surface area (Å²) in [6.45, 7) is 19.3. The third kappa shape index (κ3) is 10.3.